The molecule has 0 saturated carbocycles. The maximum atomic E-state index is 13.3. The fourth-order valence-corrected chi connectivity index (χ4v) is 2.22. The molecule has 1 aromatic heterocycles. The van der Waals surface area contributed by atoms with Gasteiger partial charge in [-0.05, 0) is 30.7 Å². The van der Waals surface area contributed by atoms with Gasteiger partial charge < -0.3 is 10.6 Å². The van der Waals surface area contributed by atoms with E-state index in [9.17, 15) is 4.39 Å². The molecule has 0 fully saturated rings. The Labute approximate surface area is 134 Å². The predicted octanol–water partition coefficient (Wildman–Crippen LogP) is 4.28. The third-order valence-corrected chi connectivity index (χ3v) is 3.25. The Balaban J connectivity index is 1.73. The van der Waals surface area contributed by atoms with Crippen molar-refractivity contribution in [3.8, 4) is 0 Å². The highest BCUT2D eigenvalue weighted by molar-refractivity contribution is 5.59. The molecule has 5 heteroatoms. The van der Waals surface area contributed by atoms with Crippen LogP contribution in [0.1, 0.15) is 11.4 Å². The first-order valence-electron chi connectivity index (χ1n) is 7.35. The van der Waals surface area contributed by atoms with Crippen molar-refractivity contribution in [3.05, 3.63) is 77.9 Å². The van der Waals surface area contributed by atoms with Gasteiger partial charge in [-0.3, -0.25) is 0 Å². The number of rotatable bonds is 5. The summed E-state index contributed by atoms with van der Waals surface area (Å²) in [4.78, 5) is 8.70. The van der Waals surface area contributed by atoms with E-state index in [0.29, 0.717) is 23.9 Å². The van der Waals surface area contributed by atoms with E-state index in [4.69, 9.17) is 0 Å². The first-order valence-corrected chi connectivity index (χ1v) is 7.35. The average molecular weight is 308 g/mol. The van der Waals surface area contributed by atoms with Gasteiger partial charge in [0, 0.05) is 18.3 Å². The Hall–Kier alpha value is -2.95. The summed E-state index contributed by atoms with van der Waals surface area (Å²) in [5, 5.41) is 6.37. The van der Waals surface area contributed by atoms with Crippen LogP contribution in [0.2, 0.25) is 0 Å². The summed E-state index contributed by atoms with van der Waals surface area (Å²) >= 11 is 0. The van der Waals surface area contributed by atoms with Crippen LogP contribution in [0.3, 0.4) is 0 Å². The Bertz CT molecular complexity index is 790. The summed E-state index contributed by atoms with van der Waals surface area (Å²) in [6.07, 6.45) is 0. The van der Waals surface area contributed by atoms with E-state index in [1.807, 2.05) is 37.3 Å². The molecular formula is C18H17FN4. The van der Waals surface area contributed by atoms with Crippen molar-refractivity contribution in [2.24, 2.45) is 0 Å². The summed E-state index contributed by atoms with van der Waals surface area (Å²) in [7, 11) is 0. The Morgan fingerprint density at radius 3 is 2.48 bits per heavy atom. The Morgan fingerprint density at radius 2 is 1.70 bits per heavy atom. The SMILES string of the molecule is Cc1nc(NCc2ccccc2)cc(Nc2cccc(F)c2)n1. The van der Waals surface area contributed by atoms with Crippen molar-refractivity contribution in [2.45, 2.75) is 13.5 Å². The third-order valence-electron chi connectivity index (χ3n) is 3.25. The summed E-state index contributed by atoms with van der Waals surface area (Å²) in [6.45, 7) is 2.50. The zero-order valence-corrected chi connectivity index (χ0v) is 12.8. The minimum Gasteiger partial charge on any atom is -0.366 e. The lowest BCUT2D eigenvalue weighted by molar-refractivity contribution is 0.628. The molecule has 0 saturated heterocycles. The van der Waals surface area contributed by atoms with Gasteiger partial charge in [0.15, 0.2) is 0 Å². The average Bonchev–Trinajstić information content (AvgIpc) is 2.53. The van der Waals surface area contributed by atoms with Gasteiger partial charge in [-0.25, -0.2) is 14.4 Å². The quantitative estimate of drug-likeness (QED) is 0.738. The van der Waals surface area contributed by atoms with Crippen LogP contribution in [0.15, 0.2) is 60.7 Å². The molecule has 0 spiro atoms. The number of nitrogens with one attached hydrogen (secondary N) is 2. The van der Waals surface area contributed by atoms with Gasteiger partial charge in [-0.1, -0.05) is 36.4 Å². The molecule has 0 bridgehead atoms. The first kappa shape index (κ1) is 15.0. The molecule has 2 N–H and O–H groups in total. The topological polar surface area (TPSA) is 49.8 Å². The highest BCUT2D eigenvalue weighted by Crippen LogP contribution is 2.18. The number of aromatic nitrogens is 2. The summed E-state index contributed by atoms with van der Waals surface area (Å²) < 4.78 is 13.3. The lowest BCUT2D eigenvalue weighted by Gasteiger charge is -2.10. The molecule has 23 heavy (non-hydrogen) atoms. The standard InChI is InChI=1S/C18H17FN4/c1-13-21-17(20-12-14-6-3-2-4-7-14)11-18(22-13)23-16-9-5-8-15(19)10-16/h2-11H,12H2,1H3,(H2,20,21,22,23). The lowest BCUT2D eigenvalue weighted by atomic mass is 10.2. The summed E-state index contributed by atoms with van der Waals surface area (Å²) in [5.41, 5.74) is 1.82. The molecule has 0 aliphatic rings. The zero-order chi connectivity index (χ0) is 16.1. The summed E-state index contributed by atoms with van der Waals surface area (Å²) in [5.74, 6) is 1.70. The molecule has 4 nitrogen and oxygen atoms in total. The highest BCUT2D eigenvalue weighted by Gasteiger charge is 2.03. The van der Waals surface area contributed by atoms with Crippen LogP contribution in [-0.4, -0.2) is 9.97 Å². The van der Waals surface area contributed by atoms with E-state index in [2.05, 4.69) is 20.6 Å². The molecule has 1 heterocycles. The highest BCUT2D eigenvalue weighted by atomic mass is 19.1. The predicted molar refractivity (Wildman–Crippen MR) is 90.2 cm³/mol. The smallest absolute Gasteiger partial charge is 0.136 e. The molecule has 0 amide bonds. The third kappa shape index (κ3) is 4.26. The maximum absolute atomic E-state index is 13.3. The van der Waals surface area contributed by atoms with Crippen molar-refractivity contribution in [1.82, 2.24) is 9.97 Å². The van der Waals surface area contributed by atoms with Gasteiger partial charge in [0.25, 0.3) is 0 Å². The number of benzene rings is 2. The minimum absolute atomic E-state index is 0.289. The monoisotopic (exact) mass is 308 g/mol. The lowest BCUT2D eigenvalue weighted by Crippen LogP contribution is -2.05. The van der Waals surface area contributed by atoms with Crippen LogP contribution < -0.4 is 10.6 Å². The fourth-order valence-electron chi connectivity index (χ4n) is 2.22. The molecule has 0 aliphatic carbocycles. The van der Waals surface area contributed by atoms with Crippen molar-refractivity contribution in [3.63, 3.8) is 0 Å². The van der Waals surface area contributed by atoms with E-state index in [0.717, 1.165) is 5.82 Å². The molecule has 2 aromatic carbocycles. The second-order valence-corrected chi connectivity index (χ2v) is 5.16. The van der Waals surface area contributed by atoms with E-state index in [1.165, 1.54) is 17.7 Å². The van der Waals surface area contributed by atoms with Crippen LogP contribution in [-0.2, 0) is 6.54 Å². The van der Waals surface area contributed by atoms with Crippen LogP contribution in [0.25, 0.3) is 0 Å². The molecule has 0 atom stereocenters. The van der Waals surface area contributed by atoms with E-state index >= 15 is 0 Å². The van der Waals surface area contributed by atoms with Gasteiger partial charge >= 0.3 is 0 Å². The normalized spacial score (nSPS) is 10.3. The van der Waals surface area contributed by atoms with Crippen molar-refractivity contribution >= 4 is 17.3 Å². The number of aryl methyl sites for hydroxylation is 1. The molecule has 0 aliphatic heterocycles. The minimum atomic E-state index is -0.289. The van der Waals surface area contributed by atoms with E-state index < -0.39 is 0 Å². The number of hydrogen-bond donors (Lipinski definition) is 2. The second kappa shape index (κ2) is 6.87. The van der Waals surface area contributed by atoms with Crippen LogP contribution in [0, 0.1) is 12.7 Å². The Morgan fingerprint density at radius 1 is 0.913 bits per heavy atom. The van der Waals surface area contributed by atoms with Gasteiger partial charge in [0.05, 0.1) is 0 Å². The zero-order valence-electron chi connectivity index (χ0n) is 12.8. The number of anilines is 3. The number of hydrogen-bond acceptors (Lipinski definition) is 4. The number of halogens is 1. The van der Waals surface area contributed by atoms with Crippen molar-refractivity contribution in [2.75, 3.05) is 10.6 Å². The van der Waals surface area contributed by atoms with Gasteiger partial charge in [-0.2, -0.15) is 0 Å². The molecular weight excluding hydrogens is 291 g/mol. The fraction of sp³-hybridized carbons (Fsp3) is 0.111. The van der Waals surface area contributed by atoms with Crippen molar-refractivity contribution in [1.29, 1.82) is 0 Å². The van der Waals surface area contributed by atoms with Crippen LogP contribution >= 0.6 is 0 Å². The maximum Gasteiger partial charge on any atom is 0.136 e. The largest absolute Gasteiger partial charge is 0.366 e. The van der Waals surface area contributed by atoms with Gasteiger partial charge in [-0.15, -0.1) is 0 Å². The van der Waals surface area contributed by atoms with E-state index in [-0.39, 0.29) is 5.82 Å². The van der Waals surface area contributed by atoms with Crippen molar-refractivity contribution < 1.29 is 4.39 Å². The van der Waals surface area contributed by atoms with Gasteiger partial charge in [0.2, 0.25) is 0 Å². The molecule has 0 unspecified atom stereocenters. The molecule has 3 rings (SSSR count). The second-order valence-electron chi connectivity index (χ2n) is 5.16. The van der Waals surface area contributed by atoms with Crippen LogP contribution in [0.5, 0.6) is 0 Å². The van der Waals surface area contributed by atoms with E-state index in [1.54, 1.807) is 18.2 Å². The first-order chi connectivity index (χ1) is 11.2. The molecule has 3 aromatic rings. The summed E-state index contributed by atoms with van der Waals surface area (Å²) in [6, 6.07) is 18.2. The molecule has 116 valence electrons. The van der Waals surface area contributed by atoms with Crippen LogP contribution in [0.4, 0.5) is 21.7 Å². The number of nitrogens with zero attached hydrogens (tertiary/aromatic N) is 2. The van der Waals surface area contributed by atoms with Gasteiger partial charge in [0.1, 0.15) is 23.3 Å². The molecule has 0 radical (unpaired) electrons. The Kier molecular flexibility index (Phi) is 4.47.